The minimum absolute atomic E-state index is 0.198. The zero-order valence-corrected chi connectivity index (χ0v) is 21.7. The molecular formula is C26H35N3O4S. The van der Waals surface area contributed by atoms with E-state index in [-0.39, 0.29) is 25.5 Å². The molecule has 0 unspecified atom stereocenters. The first-order valence-electron chi connectivity index (χ1n) is 11.7. The summed E-state index contributed by atoms with van der Waals surface area (Å²) in [4.78, 5) is 14.5. The highest BCUT2D eigenvalue weighted by Crippen LogP contribution is 2.37. The molecule has 0 bridgehead atoms. The van der Waals surface area contributed by atoms with Crippen LogP contribution in [0.25, 0.3) is 22.2 Å². The van der Waals surface area contributed by atoms with E-state index in [1.165, 1.54) is 16.0 Å². The number of nitrogens with one attached hydrogen (secondary N) is 1. The van der Waals surface area contributed by atoms with Crippen LogP contribution >= 0.6 is 11.3 Å². The molecule has 8 heteroatoms. The first-order valence-corrected chi connectivity index (χ1v) is 12.5. The highest BCUT2D eigenvalue weighted by molar-refractivity contribution is 7.15. The fraction of sp³-hybridized carbons (Fsp3) is 0.500. The van der Waals surface area contributed by atoms with Gasteiger partial charge in [0.05, 0.1) is 24.1 Å². The maximum absolute atomic E-state index is 12.1. The van der Waals surface area contributed by atoms with Gasteiger partial charge in [-0.1, -0.05) is 13.8 Å². The van der Waals surface area contributed by atoms with Crippen LogP contribution in [-0.2, 0) is 17.6 Å². The zero-order chi connectivity index (χ0) is 25.0. The van der Waals surface area contributed by atoms with Gasteiger partial charge in [-0.15, -0.1) is 21.5 Å². The van der Waals surface area contributed by atoms with Crippen LogP contribution in [0.15, 0.2) is 16.5 Å². The number of carbonyl (C=O) groups excluding carboxylic acids is 1. The Kier molecular flexibility index (Phi) is 8.62. The number of carbonyl (C=O) groups is 1. The number of aliphatic hydroxyl groups is 2. The predicted molar refractivity (Wildman–Crippen MR) is 135 cm³/mol. The van der Waals surface area contributed by atoms with Gasteiger partial charge in [-0.25, -0.2) is 0 Å². The fourth-order valence-electron chi connectivity index (χ4n) is 4.23. The van der Waals surface area contributed by atoms with Crippen LogP contribution < -0.4 is 5.32 Å². The number of aliphatic hydroxyl groups excluding tert-OH is 2. The molecule has 3 rings (SSSR count). The third-order valence-corrected chi connectivity index (χ3v) is 7.29. The Morgan fingerprint density at radius 2 is 1.65 bits per heavy atom. The average Bonchev–Trinajstić information content (AvgIpc) is 3.37. The van der Waals surface area contributed by atoms with E-state index in [9.17, 15) is 4.79 Å². The van der Waals surface area contributed by atoms with Crippen molar-refractivity contribution in [3.8, 4) is 22.2 Å². The van der Waals surface area contributed by atoms with Crippen molar-refractivity contribution in [2.24, 2.45) is 5.92 Å². The molecule has 2 heterocycles. The molecule has 34 heavy (non-hydrogen) atoms. The van der Waals surface area contributed by atoms with Gasteiger partial charge in [0.25, 0.3) is 5.89 Å². The number of rotatable bonds is 10. The second-order valence-corrected chi connectivity index (χ2v) is 10.5. The molecule has 0 spiro atoms. The third-order valence-electron chi connectivity index (χ3n) is 6.06. The van der Waals surface area contributed by atoms with Crippen molar-refractivity contribution in [1.82, 2.24) is 15.5 Å². The standard InChI is InChI=1S/C26H35N3O4S/c1-14(2)9-22-17(5)24(34-18(22)6)26-29-28-25(33-26)19-10-15(3)21(16(4)11-19)7-8-23(32)27-20(12-30)13-31/h10-11,14,20,30-31H,7-9,12-13H2,1-6H3,(H,27,32). The lowest BCUT2D eigenvalue weighted by atomic mass is 9.95. The van der Waals surface area contributed by atoms with E-state index in [4.69, 9.17) is 14.6 Å². The van der Waals surface area contributed by atoms with Gasteiger partial charge in [-0.2, -0.15) is 0 Å². The lowest BCUT2D eigenvalue weighted by Crippen LogP contribution is -2.40. The van der Waals surface area contributed by atoms with Crippen molar-refractivity contribution in [2.75, 3.05) is 13.2 Å². The van der Waals surface area contributed by atoms with Gasteiger partial charge in [0, 0.05) is 16.9 Å². The number of aromatic nitrogens is 2. The van der Waals surface area contributed by atoms with Crippen LogP contribution in [-0.4, -0.2) is 45.6 Å². The number of hydrogen-bond acceptors (Lipinski definition) is 7. The van der Waals surface area contributed by atoms with E-state index < -0.39 is 6.04 Å². The molecule has 7 nitrogen and oxygen atoms in total. The van der Waals surface area contributed by atoms with Gasteiger partial charge in [0.1, 0.15) is 0 Å². The first-order chi connectivity index (χ1) is 16.1. The second kappa shape index (κ2) is 11.3. The van der Waals surface area contributed by atoms with E-state index in [1.807, 2.05) is 26.0 Å². The average molecular weight is 486 g/mol. The highest BCUT2D eigenvalue weighted by atomic mass is 32.1. The largest absolute Gasteiger partial charge is 0.415 e. The number of aryl methyl sites for hydroxylation is 3. The summed E-state index contributed by atoms with van der Waals surface area (Å²) >= 11 is 1.70. The van der Waals surface area contributed by atoms with Crippen LogP contribution in [0, 0.1) is 33.6 Å². The molecular weight excluding hydrogens is 450 g/mol. The van der Waals surface area contributed by atoms with E-state index in [0.717, 1.165) is 33.6 Å². The monoisotopic (exact) mass is 485 g/mol. The van der Waals surface area contributed by atoms with Crippen LogP contribution in [0.3, 0.4) is 0 Å². The van der Waals surface area contributed by atoms with Crippen molar-refractivity contribution < 1.29 is 19.4 Å². The number of benzene rings is 1. The summed E-state index contributed by atoms with van der Waals surface area (Å²) in [6.45, 7) is 12.2. The Labute approximate surface area is 205 Å². The van der Waals surface area contributed by atoms with Gasteiger partial charge in [-0.3, -0.25) is 4.79 Å². The Morgan fingerprint density at radius 3 is 2.24 bits per heavy atom. The maximum Gasteiger partial charge on any atom is 0.258 e. The molecule has 0 saturated carbocycles. The van der Waals surface area contributed by atoms with E-state index in [1.54, 1.807) is 11.3 Å². The van der Waals surface area contributed by atoms with Crippen molar-refractivity contribution in [2.45, 2.75) is 66.8 Å². The summed E-state index contributed by atoms with van der Waals surface area (Å²) in [7, 11) is 0. The minimum Gasteiger partial charge on any atom is -0.415 e. The maximum atomic E-state index is 12.1. The summed E-state index contributed by atoms with van der Waals surface area (Å²) in [5, 5.41) is 29.6. The summed E-state index contributed by atoms with van der Waals surface area (Å²) in [5.74, 6) is 1.42. The third kappa shape index (κ3) is 5.92. The molecule has 0 saturated heterocycles. The lowest BCUT2D eigenvalue weighted by molar-refractivity contribution is -0.122. The molecule has 2 aromatic heterocycles. The molecule has 0 atom stereocenters. The zero-order valence-electron chi connectivity index (χ0n) is 20.9. The molecule has 1 aromatic carbocycles. The van der Waals surface area contributed by atoms with Gasteiger partial charge in [-0.05, 0) is 86.4 Å². The number of nitrogens with zero attached hydrogens (tertiary/aromatic N) is 2. The number of hydrogen-bond donors (Lipinski definition) is 3. The van der Waals surface area contributed by atoms with E-state index in [2.05, 4.69) is 43.2 Å². The van der Waals surface area contributed by atoms with Crippen molar-refractivity contribution in [3.63, 3.8) is 0 Å². The van der Waals surface area contributed by atoms with Gasteiger partial charge < -0.3 is 19.9 Å². The molecule has 0 aliphatic rings. The van der Waals surface area contributed by atoms with Crippen LogP contribution in [0.1, 0.15) is 53.0 Å². The Balaban J connectivity index is 1.78. The van der Waals surface area contributed by atoms with E-state index in [0.29, 0.717) is 24.1 Å². The molecule has 3 aromatic rings. The molecule has 0 aliphatic heterocycles. The summed E-state index contributed by atoms with van der Waals surface area (Å²) in [6, 6.07) is 3.40. The predicted octanol–water partition coefficient (Wildman–Crippen LogP) is 4.30. The van der Waals surface area contributed by atoms with Crippen LogP contribution in [0.5, 0.6) is 0 Å². The molecule has 1 amide bonds. The first kappa shape index (κ1) is 26.1. The van der Waals surface area contributed by atoms with Crippen LogP contribution in [0.4, 0.5) is 0 Å². The molecule has 0 aliphatic carbocycles. The normalized spacial score (nSPS) is 11.6. The van der Waals surface area contributed by atoms with E-state index >= 15 is 0 Å². The SMILES string of the molecule is Cc1cc(-c2nnc(-c3sc(C)c(CC(C)C)c3C)o2)cc(C)c1CCC(=O)NC(CO)CO. The second-order valence-electron chi connectivity index (χ2n) is 9.32. The van der Waals surface area contributed by atoms with Crippen molar-refractivity contribution in [3.05, 3.63) is 44.8 Å². The number of thiophene rings is 1. The van der Waals surface area contributed by atoms with Crippen molar-refractivity contribution in [1.29, 1.82) is 0 Å². The fourth-order valence-corrected chi connectivity index (χ4v) is 5.34. The summed E-state index contributed by atoms with van der Waals surface area (Å²) in [6.07, 6.45) is 1.88. The molecule has 0 radical (unpaired) electrons. The summed E-state index contributed by atoms with van der Waals surface area (Å²) < 4.78 is 6.10. The van der Waals surface area contributed by atoms with Crippen molar-refractivity contribution >= 4 is 17.2 Å². The Morgan fingerprint density at radius 1 is 1.03 bits per heavy atom. The van der Waals surface area contributed by atoms with Gasteiger partial charge in [0.2, 0.25) is 11.8 Å². The Bertz CT molecular complexity index is 1120. The smallest absolute Gasteiger partial charge is 0.258 e. The highest BCUT2D eigenvalue weighted by Gasteiger charge is 2.20. The van der Waals surface area contributed by atoms with Crippen LogP contribution in [0.2, 0.25) is 0 Å². The Hall–Kier alpha value is -2.55. The molecule has 184 valence electrons. The quantitative estimate of drug-likeness (QED) is 0.395. The minimum atomic E-state index is -0.624. The number of amides is 1. The molecule has 3 N–H and O–H groups in total. The lowest BCUT2D eigenvalue weighted by Gasteiger charge is -2.15. The van der Waals surface area contributed by atoms with Gasteiger partial charge in [0.15, 0.2) is 0 Å². The topological polar surface area (TPSA) is 108 Å². The molecule has 0 fully saturated rings. The van der Waals surface area contributed by atoms with Gasteiger partial charge >= 0.3 is 0 Å². The summed E-state index contributed by atoms with van der Waals surface area (Å²) in [5.41, 5.74) is 6.63.